The van der Waals surface area contributed by atoms with Gasteiger partial charge in [-0.25, -0.2) is 9.69 Å². The number of furan rings is 1. The maximum atomic E-state index is 13.2. The Labute approximate surface area is 193 Å². The quantitative estimate of drug-likeness (QED) is 0.484. The van der Waals surface area contributed by atoms with E-state index in [1.807, 2.05) is 36.4 Å². The van der Waals surface area contributed by atoms with Gasteiger partial charge >= 0.3 is 0 Å². The molecule has 166 valence electrons. The molecule has 1 saturated heterocycles. The van der Waals surface area contributed by atoms with Gasteiger partial charge in [0.25, 0.3) is 5.91 Å². The van der Waals surface area contributed by atoms with Crippen LogP contribution in [0.2, 0.25) is 5.02 Å². The standard InChI is InChI=1S/C21H21ClN6O3S/c22-15-7-5-14(6-8-15)17-11-18(19-4-2-10-31-19)28(24-17)20(29)13-32-21-23-25-26-27(21)12-16-3-1-9-30-16/h2,4-8,10,16,18H,1,3,9,11-13H2/t16-,18-/m0/s1. The number of amides is 1. The molecular weight excluding hydrogens is 452 g/mol. The third kappa shape index (κ3) is 4.57. The van der Waals surface area contributed by atoms with Gasteiger partial charge in [0.05, 0.1) is 30.4 Å². The van der Waals surface area contributed by atoms with Crippen LogP contribution < -0.4 is 0 Å². The van der Waals surface area contributed by atoms with E-state index in [2.05, 4.69) is 20.6 Å². The molecule has 9 nitrogen and oxygen atoms in total. The van der Waals surface area contributed by atoms with Crippen LogP contribution in [0, 0.1) is 0 Å². The Bertz CT molecular complexity index is 1100. The van der Waals surface area contributed by atoms with Crippen LogP contribution in [0.25, 0.3) is 0 Å². The summed E-state index contributed by atoms with van der Waals surface area (Å²) < 4.78 is 13.0. The molecule has 4 heterocycles. The van der Waals surface area contributed by atoms with Crippen molar-refractivity contribution in [3.05, 3.63) is 59.0 Å². The number of thioether (sulfide) groups is 1. The van der Waals surface area contributed by atoms with Crippen LogP contribution in [-0.4, -0.2) is 55.3 Å². The first-order valence-electron chi connectivity index (χ1n) is 10.4. The van der Waals surface area contributed by atoms with Crippen molar-refractivity contribution < 1.29 is 13.9 Å². The number of carbonyl (C=O) groups excluding carboxylic acids is 1. The van der Waals surface area contributed by atoms with Crippen molar-refractivity contribution >= 4 is 35.0 Å². The number of nitrogens with zero attached hydrogens (tertiary/aromatic N) is 6. The fourth-order valence-corrected chi connectivity index (χ4v) is 4.71. The van der Waals surface area contributed by atoms with Crippen LogP contribution >= 0.6 is 23.4 Å². The lowest BCUT2D eigenvalue weighted by atomic mass is 10.0. The van der Waals surface area contributed by atoms with Crippen molar-refractivity contribution in [2.75, 3.05) is 12.4 Å². The third-order valence-electron chi connectivity index (χ3n) is 5.44. The molecule has 0 spiro atoms. The van der Waals surface area contributed by atoms with Crippen LogP contribution in [0.3, 0.4) is 0 Å². The number of rotatable bonds is 7. The van der Waals surface area contributed by atoms with Gasteiger partial charge in [0.1, 0.15) is 11.8 Å². The molecule has 2 aromatic heterocycles. The summed E-state index contributed by atoms with van der Waals surface area (Å²) in [7, 11) is 0. The first-order valence-corrected chi connectivity index (χ1v) is 11.7. The number of ether oxygens (including phenoxy) is 1. The van der Waals surface area contributed by atoms with E-state index in [9.17, 15) is 4.79 Å². The van der Waals surface area contributed by atoms with Gasteiger partial charge in [-0.15, -0.1) is 5.10 Å². The smallest absolute Gasteiger partial charge is 0.253 e. The zero-order valence-corrected chi connectivity index (χ0v) is 18.7. The van der Waals surface area contributed by atoms with E-state index in [-0.39, 0.29) is 23.8 Å². The van der Waals surface area contributed by atoms with Gasteiger partial charge in [-0.3, -0.25) is 4.79 Å². The second-order valence-electron chi connectivity index (χ2n) is 7.59. The monoisotopic (exact) mass is 472 g/mol. The lowest BCUT2D eigenvalue weighted by Gasteiger charge is -2.19. The molecular formula is C21H21ClN6O3S. The van der Waals surface area contributed by atoms with Crippen LogP contribution in [-0.2, 0) is 16.1 Å². The van der Waals surface area contributed by atoms with Gasteiger partial charge in [0.2, 0.25) is 5.16 Å². The van der Waals surface area contributed by atoms with Gasteiger partial charge in [-0.1, -0.05) is 35.5 Å². The van der Waals surface area contributed by atoms with Crippen LogP contribution in [0.4, 0.5) is 0 Å². The minimum absolute atomic E-state index is 0.113. The van der Waals surface area contributed by atoms with E-state index >= 15 is 0 Å². The molecule has 1 aromatic carbocycles. The highest BCUT2D eigenvalue weighted by Gasteiger charge is 2.35. The summed E-state index contributed by atoms with van der Waals surface area (Å²) in [6.45, 7) is 1.35. The first kappa shape index (κ1) is 21.2. The lowest BCUT2D eigenvalue weighted by molar-refractivity contribution is -0.130. The van der Waals surface area contributed by atoms with Crippen molar-refractivity contribution in [2.45, 2.75) is 43.1 Å². The average molecular weight is 473 g/mol. The SMILES string of the molecule is O=C(CSc1nnnn1C[C@@H]1CCCO1)N1N=C(c2ccc(Cl)cc2)C[C@H]1c1ccco1. The molecule has 1 fully saturated rings. The molecule has 0 saturated carbocycles. The Morgan fingerprint density at radius 3 is 2.88 bits per heavy atom. The third-order valence-corrected chi connectivity index (χ3v) is 6.63. The molecule has 0 aliphatic carbocycles. The highest BCUT2D eigenvalue weighted by atomic mass is 35.5. The summed E-state index contributed by atoms with van der Waals surface area (Å²) in [6.07, 6.45) is 4.31. The summed E-state index contributed by atoms with van der Waals surface area (Å²) in [5.74, 6) is 0.701. The predicted octanol–water partition coefficient (Wildman–Crippen LogP) is 3.57. The highest BCUT2D eigenvalue weighted by Crippen LogP contribution is 2.34. The summed E-state index contributed by atoms with van der Waals surface area (Å²) in [4.78, 5) is 13.2. The number of hydrogen-bond acceptors (Lipinski definition) is 8. The van der Waals surface area contributed by atoms with Crippen LogP contribution in [0.5, 0.6) is 0 Å². The second-order valence-corrected chi connectivity index (χ2v) is 8.97. The summed E-state index contributed by atoms with van der Waals surface area (Å²) >= 11 is 7.31. The van der Waals surface area contributed by atoms with Crippen LogP contribution in [0.1, 0.15) is 36.6 Å². The van der Waals surface area contributed by atoms with Crippen molar-refractivity contribution in [3.8, 4) is 0 Å². The highest BCUT2D eigenvalue weighted by molar-refractivity contribution is 7.99. The van der Waals surface area contributed by atoms with Gasteiger partial charge in [-0.05, 0) is 53.1 Å². The molecule has 2 aliphatic heterocycles. The molecule has 0 radical (unpaired) electrons. The van der Waals surface area contributed by atoms with Gasteiger partial charge in [0, 0.05) is 18.1 Å². The Hall–Kier alpha value is -2.69. The van der Waals surface area contributed by atoms with E-state index in [0.717, 1.165) is 30.7 Å². The summed E-state index contributed by atoms with van der Waals surface area (Å²) in [5.41, 5.74) is 1.74. The number of hydrazone groups is 1. The Kier molecular flexibility index (Phi) is 6.24. The maximum absolute atomic E-state index is 13.2. The summed E-state index contributed by atoms with van der Waals surface area (Å²) in [5, 5.41) is 19.3. The normalized spacial score (nSPS) is 20.7. The minimum Gasteiger partial charge on any atom is -0.467 e. The number of hydrogen-bond donors (Lipinski definition) is 0. The number of carbonyl (C=O) groups is 1. The largest absolute Gasteiger partial charge is 0.467 e. The van der Waals surface area contributed by atoms with Crippen molar-refractivity contribution in [1.82, 2.24) is 25.2 Å². The molecule has 0 bridgehead atoms. The Morgan fingerprint density at radius 1 is 1.25 bits per heavy atom. The molecule has 32 heavy (non-hydrogen) atoms. The van der Waals surface area contributed by atoms with E-state index in [4.69, 9.17) is 20.8 Å². The molecule has 0 N–H and O–H groups in total. The topological polar surface area (TPSA) is 98.6 Å². The van der Waals surface area contributed by atoms with Crippen LogP contribution in [0.15, 0.2) is 57.3 Å². The lowest BCUT2D eigenvalue weighted by Crippen LogP contribution is -2.28. The fourth-order valence-electron chi connectivity index (χ4n) is 3.85. The molecule has 2 aliphatic rings. The first-order chi connectivity index (χ1) is 15.7. The molecule has 11 heteroatoms. The van der Waals surface area contributed by atoms with E-state index < -0.39 is 0 Å². The number of tetrazole rings is 1. The van der Waals surface area contributed by atoms with E-state index in [0.29, 0.717) is 28.9 Å². The number of benzene rings is 1. The minimum atomic E-state index is -0.299. The Balaban J connectivity index is 1.30. The van der Waals surface area contributed by atoms with E-state index in [1.54, 1.807) is 10.9 Å². The zero-order valence-electron chi connectivity index (χ0n) is 17.1. The Morgan fingerprint density at radius 2 is 2.12 bits per heavy atom. The van der Waals surface area contributed by atoms with E-state index in [1.165, 1.54) is 16.8 Å². The molecule has 1 amide bonds. The molecule has 2 atom stereocenters. The van der Waals surface area contributed by atoms with Gasteiger partial charge in [0.15, 0.2) is 0 Å². The summed E-state index contributed by atoms with van der Waals surface area (Å²) in [6, 6.07) is 10.8. The van der Waals surface area contributed by atoms with Crippen molar-refractivity contribution in [2.24, 2.45) is 5.10 Å². The van der Waals surface area contributed by atoms with Gasteiger partial charge < -0.3 is 9.15 Å². The molecule has 5 rings (SSSR count). The number of aromatic nitrogens is 4. The zero-order chi connectivity index (χ0) is 21.9. The molecule has 3 aromatic rings. The van der Waals surface area contributed by atoms with Crippen molar-refractivity contribution in [1.29, 1.82) is 0 Å². The second kappa shape index (κ2) is 9.43. The van der Waals surface area contributed by atoms with Crippen molar-refractivity contribution in [3.63, 3.8) is 0 Å². The number of halogens is 1. The maximum Gasteiger partial charge on any atom is 0.253 e. The average Bonchev–Trinajstić information content (AvgIpc) is 3.60. The fraction of sp³-hybridized carbons (Fsp3) is 0.381. The predicted molar refractivity (Wildman–Crippen MR) is 118 cm³/mol. The van der Waals surface area contributed by atoms with Gasteiger partial charge in [-0.2, -0.15) is 5.10 Å². The molecule has 0 unspecified atom stereocenters.